The van der Waals surface area contributed by atoms with E-state index in [0.717, 1.165) is 25.7 Å². The van der Waals surface area contributed by atoms with E-state index < -0.39 is 11.9 Å². The van der Waals surface area contributed by atoms with Crippen LogP contribution in [0.3, 0.4) is 0 Å². The first-order valence-electron chi connectivity index (χ1n) is 7.01. The van der Waals surface area contributed by atoms with Gasteiger partial charge in [0.25, 0.3) is 0 Å². The van der Waals surface area contributed by atoms with E-state index in [4.69, 9.17) is 10.4 Å². The van der Waals surface area contributed by atoms with Crippen molar-refractivity contribution in [3.05, 3.63) is 48.0 Å². The zero-order chi connectivity index (χ0) is 14.5. The molecule has 0 heterocycles. The van der Waals surface area contributed by atoms with Crippen molar-refractivity contribution in [2.24, 2.45) is 11.8 Å². The number of carbonyl (C=O) groups is 1. The molecule has 1 unspecified atom stereocenters. The molecule has 0 amide bonds. The van der Waals surface area contributed by atoms with Crippen LogP contribution in [-0.2, 0) is 4.79 Å². The lowest BCUT2D eigenvalue weighted by Crippen LogP contribution is -2.25. The van der Waals surface area contributed by atoms with Crippen molar-refractivity contribution in [2.75, 3.05) is 0 Å². The lowest BCUT2D eigenvalue weighted by molar-refractivity contribution is -0.142. The van der Waals surface area contributed by atoms with Crippen LogP contribution in [0.2, 0.25) is 0 Å². The molecule has 0 aromatic heterocycles. The second-order valence-corrected chi connectivity index (χ2v) is 5.45. The molecule has 20 heavy (non-hydrogen) atoms. The number of hydrogen-bond donors (Lipinski definition) is 1. The third kappa shape index (κ3) is 3.08. The van der Waals surface area contributed by atoms with Crippen LogP contribution >= 0.6 is 0 Å². The minimum atomic E-state index is -0.762. The highest BCUT2D eigenvalue weighted by Crippen LogP contribution is 2.39. The largest absolute Gasteiger partial charge is 0.481 e. The third-order valence-electron chi connectivity index (χ3n) is 4.33. The Labute approximate surface area is 119 Å². The van der Waals surface area contributed by atoms with Crippen LogP contribution in [0.1, 0.15) is 42.7 Å². The highest BCUT2D eigenvalue weighted by Gasteiger charge is 2.30. The Morgan fingerprint density at radius 2 is 1.90 bits per heavy atom. The predicted octanol–water partition coefficient (Wildman–Crippen LogP) is 3.72. The average Bonchev–Trinajstić information content (AvgIpc) is 2.48. The van der Waals surface area contributed by atoms with Crippen LogP contribution in [0.4, 0.5) is 0 Å². The maximum atomic E-state index is 11.1. The fourth-order valence-electron chi connectivity index (χ4n) is 3.14. The Balaban J connectivity index is 1.98. The monoisotopic (exact) mass is 269 g/mol. The van der Waals surface area contributed by atoms with Crippen molar-refractivity contribution < 1.29 is 9.90 Å². The molecule has 0 saturated heterocycles. The Kier molecular flexibility index (Phi) is 4.57. The minimum absolute atomic E-state index is 0.208. The summed E-state index contributed by atoms with van der Waals surface area (Å²) in [5.74, 6) is -0.489. The summed E-state index contributed by atoms with van der Waals surface area (Å²) < 4.78 is 0. The molecule has 0 bridgehead atoms. The molecule has 1 fully saturated rings. The summed E-state index contributed by atoms with van der Waals surface area (Å²) in [6, 6.07) is 9.87. The summed E-state index contributed by atoms with van der Waals surface area (Å²) in [5, 5.41) is 18.0. The standard InChI is InChI=1S/C17H19NO2/c1-2-16(17(19)20)15-9-7-14(8-10-15)13-5-3-12(11-18)4-6-13/h2-6,14-16H,1,7-10H2,(H,19,20)/t14-,15-,16?. The Bertz CT molecular complexity index is 519. The van der Waals surface area contributed by atoms with Gasteiger partial charge in [-0.25, -0.2) is 0 Å². The molecule has 3 nitrogen and oxygen atoms in total. The van der Waals surface area contributed by atoms with Gasteiger partial charge in [0.05, 0.1) is 17.6 Å². The van der Waals surface area contributed by atoms with Crippen LogP contribution in [0.15, 0.2) is 36.9 Å². The second-order valence-electron chi connectivity index (χ2n) is 5.45. The van der Waals surface area contributed by atoms with Crippen molar-refractivity contribution in [1.29, 1.82) is 5.26 Å². The number of rotatable bonds is 4. The summed E-state index contributed by atoms with van der Waals surface area (Å²) in [6.07, 6.45) is 5.43. The van der Waals surface area contributed by atoms with E-state index in [0.29, 0.717) is 11.5 Å². The highest BCUT2D eigenvalue weighted by atomic mass is 16.4. The molecular formula is C17H19NO2. The van der Waals surface area contributed by atoms with Gasteiger partial charge in [-0.05, 0) is 55.2 Å². The molecule has 2 rings (SSSR count). The zero-order valence-electron chi connectivity index (χ0n) is 11.5. The molecule has 0 spiro atoms. The maximum absolute atomic E-state index is 11.1. The number of aliphatic carboxylic acids is 1. The maximum Gasteiger partial charge on any atom is 0.310 e. The molecular weight excluding hydrogens is 250 g/mol. The van der Waals surface area contributed by atoms with Crippen molar-refractivity contribution in [2.45, 2.75) is 31.6 Å². The van der Waals surface area contributed by atoms with Gasteiger partial charge in [-0.2, -0.15) is 5.26 Å². The van der Waals surface area contributed by atoms with E-state index in [1.807, 2.05) is 24.3 Å². The molecule has 1 N–H and O–H groups in total. The smallest absolute Gasteiger partial charge is 0.310 e. The van der Waals surface area contributed by atoms with Crippen LogP contribution in [0, 0.1) is 23.2 Å². The molecule has 104 valence electrons. The van der Waals surface area contributed by atoms with Gasteiger partial charge in [0.2, 0.25) is 0 Å². The van der Waals surface area contributed by atoms with E-state index in [-0.39, 0.29) is 5.92 Å². The van der Waals surface area contributed by atoms with Gasteiger partial charge in [0.15, 0.2) is 0 Å². The van der Waals surface area contributed by atoms with Crippen LogP contribution in [0.25, 0.3) is 0 Å². The Hall–Kier alpha value is -2.08. The van der Waals surface area contributed by atoms with E-state index in [1.54, 1.807) is 6.08 Å². The number of carboxylic acid groups (broad SMARTS) is 1. The van der Waals surface area contributed by atoms with Gasteiger partial charge < -0.3 is 5.11 Å². The van der Waals surface area contributed by atoms with Crippen LogP contribution in [0.5, 0.6) is 0 Å². The molecule has 3 heteroatoms. The first kappa shape index (κ1) is 14.3. The van der Waals surface area contributed by atoms with Crippen molar-refractivity contribution in [3.63, 3.8) is 0 Å². The molecule has 1 saturated carbocycles. The van der Waals surface area contributed by atoms with E-state index in [9.17, 15) is 4.79 Å². The third-order valence-corrected chi connectivity index (χ3v) is 4.33. The number of carboxylic acids is 1. The van der Waals surface area contributed by atoms with Crippen LogP contribution < -0.4 is 0 Å². The molecule has 0 radical (unpaired) electrons. The normalized spacial score (nSPS) is 23.6. The van der Waals surface area contributed by atoms with E-state index in [2.05, 4.69) is 12.6 Å². The van der Waals surface area contributed by atoms with E-state index in [1.165, 1.54) is 5.56 Å². The summed E-state index contributed by atoms with van der Waals surface area (Å²) in [5.41, 5.74) is 1.94. The lowest BCUT2D eigenvalue weighted by atomic mass is 9.74. The number of hydrogen-bond acceptors (Lipinski definition) is 2. The summed E-state index contributed by atoms with van der Waals surface area (Å²) >= 11 is 0. The van der Waals surface area contributed by atoms with Gasteiger partial charge in [-0.1, -0.05) is 18.2 Å². The van der Waals surface area contributed by atoms with Crippen LogP contribution in [-0.4, -0.2) is 11.1 Å². The zero-order valence-corrected chi connectivity index (χ0v) is 11.5. The first-order valence-corrected chi connectivity index (χ1v) is 7.01. The topological polar surface area (TPSA) is 61.1 Å². The highest BCUT2D eigenvalue weighted by molar-refractivity contribution is 5.72. The average molecular weight is 269 g/mol. The van der Waals surface area contributed by atoms with Gasteiger partial charge in [-0.3, -0.25) is 4.79 Å². The fourth-order valence-corrected chi connectivity index (χ4v) is 3.14. The first-order chi connectivity index (χ1) is 9.65. The number of nitriles is 1. The SMILES string of the molecule is C=CC(C(=O)O)[C@H]1CC[C@H](c2ccc(C#N)cc2)CC1. The fraction of sp³-hybridized carbons (Fsp3) is 0.412. The quantitative estimate of drug-likeness (QED) is 0.847. The number of nitrogens with zero attached hydrogens (tertiary/aromatic N) is 1. The Morgan fingerprint density at radius 1 is 1.30 bits per heavy atom. The second kappa shape index (κ2) is 6.38. The summed E-state index contributed by atoms with van der Waals surface area (Å²) in [4.78, 5) is 11.1. The van der Waals surface area contributed by atoms with Crippen molar-refractivity contribution >= 4 is 5.97 Å². The predicted molar refractivity (Wildman–Crippen MR) is 77.2 cm³/mol. The summed E-state index contributed by atoms with van der Waals surface area (Å²) in [7, 11) is 0. The van der Waals surface area contributed by atoms with Crippen molar-refractivity contribution in [3.8, 4) is 6.07 Å². The number of benzene rings is 1. The Morgan fingerprint density at radius 3 is 2.35 bits per heavy atom. The van der Waals surface area contributed by atoms with Gasteiger partial charge in [0.1, 0.15) is 0 Å². The lowest BCUT2D eigenvalue weighted by Gasteiger charge is -2.31. The molecule has 1 aromatic rings. The van der Waals surface area contributed by atoms with Crippen molar-refractivity contribution in [1.82, 2.24) is 0 Å². The molecule has 1 atom stereocenters. The van der Waals surface area contributed by atoms with E-state index >= 15 is 0 Å². The molecule has 0 aliphatic heterocycles. The van der Waals surface area contributed by atoms with Gasteiger partial charge >= 0.3 is 5.97 Å². The van der Waals surface area contributed by atoms with Gasteiger partial charge in [0, 0.05) is 0 Å². The summed E-state index contributed by atoms with van der Waals surface area (Å²) in [6.45, 7) is 3.64. The van der Waals surface area contributed by atoms with Gasteiger partial charge in [-0.15, -0.1) is 6.58 Å². The minimum Gasteiger partial charge on any atom is -0.481 e. The molecule has 1 aliphatic rings. The molecule has 1 aliphatic carbocycles. The molecule has 1 aromatic carbocycles.